The van der Waals surface area contributed by atoms with Crippen LogP contribution in [0.5, 0.6) is 0 Å². The molecule has 2 aromatic heterocycles. The molecule has 0 radical (unpaired) electrons. The van der Waals surface area contributed by atoms with E-state index in [0.717, 1.165) is 36.1 Å². The number of aromatic nitrogens is 1. The van der Waals surface area contributed by atoms with E-state index in [1.54, 1.807) is 12.1 Å². The maximum atomic E-state index is 12.6. The molecule has 0 aliphatic heterocycles. The molecule has 0 unspecified atom stereocenters. The minimum atomic E-state index is -0.620. The molecule has 2 aromatic rings. The number of aryl methyl sites for hydroxylation is 1. The Morgan fingerprint density at radius 2 is 2.04 bits per heavy atom. The van der Waals surface area contributed by atoms with Gasteiger partial charge in [0.25, 0.3) is 5.91 Å². The van der Waals surface area contributed by atoms with Crippen LogP contribution in [0.25, 0.3) is 0 Å². The highest BCUT2D eigenvalue weighted by molar-refractivity contribution is 7.17. The van der Waals surface area contributed by atoms with Crippen molar-refractivity contribution in [3.63, 3.8) is 0 Å². The third-order valence-corrected chi connectivity index (χ3v) is 5.54. The molecule has 9 heteroatoms. The molecular formula is C18H18ClN3O4S. The molecule has 1 aliphatic carbocycles. The lowest BCUT2D eigenvalue weighted by molar-refractivity contribution is -0.119. The minimum Gasteiger partial charge on any atom is -0.452 e. The van der Waals surface area contributed by atoms with Crippen LogP contribution in [0.15, 0.2) is 18.3 Å². The van der Waals surface area contributed by atoms with Crippen LogP contribution in [0.3, 0.4) is 0 Å². The Kier molecular flexibility index (Phi) is 6.08. The van der Waals surface area contributed by atoms with Crippen LogP contribution in [0.2, 0.25) is 5.15 Å². The Bertz CT molecular complexity index is 897. The maximum Gasteiger partial charge on any atom is 0.341 e. The number of amides is 2. The summed E-state index contributed by atoms with van der Waals surface area (Å²) in [7, 11) is 0. The molecule has 0 aromatic carbocycles. The molecule has 2 amide bonds. The zero-order valence-electron chi connectivity index (χ0n) is 14.6. The van der Waals surface area contributed by atoms with E-state index in [0.29, 0.717) is 16.3 Å². The molecule has 0 bridgehead atoms. The highest BCUT2D eigenvalue weighted by Crippen LogP contribution is 2.38. The van der Waals surface area contributed by atoms with Gasteiger partial charge in [-0.3, -0.25) is 9.59 Å². The van der Waals surface area contributed by atoms with Gasteiger partial charge in [0.05, 0.1) is 11.3 Å². The van der Waals surface area contributed by atoms with Crippen LogP contribution >= 0.6 is 22.9 Å². The first-order valence-corrected chi connectivity index (χ1v) is 9.64. The van der Waals surface area contributed by atoms with Crippen molar-refractivity contribution in [1.82, 2.24) is 4.98 Å². The Morgan fingerprint density at radius 3 is 2.78 bits per heavy atom. The number of hydrogen-bond donors (Lipinski definition) is 2. The van der Waals surface area contributed by atoms with E-state index < -0.39 is 18.5 Å². The van der Waals surface area contributed by atoms with Gasteiger partial charge in [-0.05, 0) is 43.4 Å². The number of carbonyl (C=O) groups is 3. The fraction of sp³-hybridized carbons (Fsp3) is 0.333. The molecular weight excluding hydrogens is 390 g/mol. The number of fused-ring (bicyclic) bond motifs is 1. The third kappa shape index (κ3) is 4.64. The van der Waals surface area contributed by atoms with Crippen LogP contribution in [0, 0.1) is 0 Å². The quantitative estimate of drug-likeness (QED) is 0.584. The molecule has 0 atom stereocenters. The normalized spacial score (nSPS) is 12.8. The summed E-state index contributed by atoms with van der Waals surface area (Å²) in [5.74, 6) is -1.40. The van der Waals surface area contributed by atoms with Gasteiger partial charge in [-0.1, -0.05) is 11.6 Å². The van der Waals surface area contributed by atoms with E-state index >= 15 is 0 Å². The summed E-state index contributed by atoms with van der Waals surface area (Å²) in [6.45, 7) is 0.924. The Balaban J connectivity index is 1.70. The third-order valence-electron chi connectivity index (χ3n) is 4.03. The van der Waals surface area contributed by atoms with Crippen LogP contribution < -0.4 is 10.6 Å². The number of hydrogen-bond acceptors (Lipinski definition) is 6. The Morgan fingerprint density at radius 1 is 1.26 bits per heavy atom. The standard InChI is InChI=1S/C18H18ClN3O4S/c1-10(23)21-17-15(11-5-2-3-7-13(11)27-17)18(25)26-9-14(24)22-12-6-4-8-20-16(12)19/h4,6,8H,2-3,5,7,9H2,1H3,(H,21,23)(H,22,24). The van der Waals surface area contributed by atoms with E-state index in [2.05, 4.69) is 15.6 Å². The summed E-state index contributed by atoms with van der Waals surface area (Å²) in [5.41, 5.74) is 1.61. The molecule has 0 saturated heterocycles. The van der Waals surface area contributed by atoms with Crippen molar-refractivity contribution in [1.29, 1.82) is 0 Å². The van der Waals surface area contributed by atoms with Crippen molar-refractivity contribution >= 4 is 51.4 Å². The topological polar surface area (TPSA) is 97.4 Å². The van der Waals surface area contributed by atoms with Crippen LogP contribution in [-0.4, -0.2) is 29.4 Å². The zero-order valence-corrected chi connectivity index (χ0v) is 16.2. The lowest BCUT2D eigenvalue weighted by atomic mass is 9.95. The van der Waals surface area contributed by atoms with E-state index in [9.17, 15) is 14.4 Å². The molecule has 2 N–H and O–H groups in total. The average molecular weight is 408 g/mol. The maximum absolute atomic E-state index is 12.6. The number of anilines is 2. The number of esters is 1. The van der Waals surface area contributed by atoms with Crippen molar-refractivity contribution in [3.05, 3.63) is 39.5 Å². The predicted molar refractivity (Wildman–Crippen MR) is 103 cm³/mol. The van der Waals surface area contributed by atoms with Crippen molar-refractivity contribution < 1.29 is 19.1 Å². The summed E-state index contributed by atoms with van der Waals surface area (Å²) < 4.78 is 5.19. The Hall–Kier alpha value is -2.45. The highest BCUT2D eigenvalue weighted by atomic mass is 35.5. The lowest BCUT2D eigenvalue weighted by Crippen LogP contribution is -2.22. The van der Waals surface area contributed by atoms with Crippen molar-refractivity contribution in [2.75, 3.05) is 17.2 Å². The first kappa shape index (κ1) is 19.3. The van der Waals surface area contributed by atoms with Gasteiger partial charge in [-0.25, -0.2) is 9.78 Å². The predicted octanol–water partition coefficient (Wildman–Crippen LogP) is 3.43. The van der Waals surface area contributed by atoms with Gasteiger partial charge < -0.3 is 15.4 Å². The summed E-state index contributed by atoms with van der Waals surface area (Å²) in [6, 6.07) is 3.23. The summed E-state index contributed by atoms with van der Waals surface area (Å²) in [5, 5.41) is 5.87. The molecule has 1 aliphatic rings. The van der Waals surface area contributed by atoms with E-state index in [1.165, 1.54) is 24.5 Å². The number of nitrogens with zero attached hydrogens (tertiary/aromatic N) is 1. The molecule has 142 valence electrons. The van der Waals surface area contributed by atoms with Gasteiger partial charge in [0, 0.05) is 18.0 Å². The number of halogens is 1. The van der Waals surface area contributed by atoms with Gasteiger partial charge in [-0.15, -0.1) is 11.3 Å². The second-order valence-electron chi connectivity index (χ2n) is 6.06. The number of rotatable bonds is 5. The molecule has 0 spiro atoms. The van der Waals surface area contributed by atoms with E-state index in [-0.39, 0.29) is 11.1 Å². The number of thiophene rings is 1. The van der Waals surface area contributed by atoms with Crippen molar-refractivity contribution in [2.45, 2.75) is 32.6 Å². The number of nitrogens with one attached hydrogen (secondary N) is 2. The van der Waals surface area contributed by atoms with Gasteiger partial charge in [0.1, 0.15) is 5.00 Å². The first-order chi connectivity index (χ1) is 13.0. The minimum absolute atomic E-state index is 0.150. The number of ether oxygens (including phenoxy) is 1. The summed E-state index contributed by atoms with van der Waals surface area (Å²) in [4.78, 5) is 41.1. The lowest BCUT2D eigenvalue weighted by Gasteiger charge is -2.13. The molecule has 7 nitrogen and oxygen atoms in total. The van der Waals surface area contributed by atoms with Gasteiger partial charge in [-0.2, -0.15) is 0 Å². The average Bonchev–Trinajstić information content (AvgIpc) is 2.98. The fourth-order valence-electron chi connectivity index (χ4n) is 2.90. The second kappa shape index (κ2) is 8.49. The zero-order chi connectivity index (χ0) is 19.4. The second-order valence-corrected chi connectivity index (χ2v) is 7.53. The molecule has 3 rings (SSSR count). The van der Waals surface area contributed by atoms with Crippen LogP contribution in [0.1, 0.15) is 40.6 Å². The van der Waals surface area contributed by atoms with E-state index in [4.69, 9.17) is 16.3 Å². The van der Waals surface area contributed by atoms with Crippen LogP contribution in [0.4, 0.5) is 10.7 Å². The summed E-state index contributed by atoms with van der Waals surface area (Å²) in [6.07, 6.45) is 5.16. The SMILES string of the molecule is CC(=O)Nc1sc2c(c1C(=O)OCC(=O)Nc1cccnc1Cl)CCCC2. The van der Waals surface area contributed by atoms with Crippen molar-refractivity contribution in [3.8, 4) is 0 Å². The monoisotopic (exact) mass is 407 g/mol. The van der Waals surface area contributed by atoms with E-state index in [1.807, 2.05) is 0 Å². The number of pyridine rings is 1. The highest BCUT2D eigenvalue weighted by Gasteiger charge is 2.27. The molecule has 2 heterocycles. The Labute approximate surface area is 165 Å². The molecule has 0 saturated carbocycles. The smallest absolute Gasteiger partial charge is 0.341 e. The van der Waals surface area contributed by atoms with Gasteiger partial charge in [0.2, 0.25) is 5.91 Å². The fourth-order valence-corrected chi connectivity index (χ4v) is 4.39. The van der Waals surface area contributed by atoms with Crippen molar-refractivity contribution in [2.24, 2.45) is 0 Å². The van der Waals surface area contributed by atoms with Gasteiger partial charge in [0.15, 0.2) is 11.8 Å². The molecule has 0 fully saturated rings. The van der Waals surface area contributed by atoms with Gasteiger partial charge >= 0.3 is 5.97 Å². The molecule has 27 heavy (non-hydrogen) atoms. The van der Waals surface area contributed by atoms with Crippen LogP contribution in [-0.2, 0) is 27.2 Å². The first-order valence-electron chi connectivity index (χ1n) is 8.45. The number of carbonyl (C=O) groups excluding carboxylic acids is 3. The largest absolute Gasteiger partial charge is 0.452 e. The summed E-state index contributed by atoms with van der Waals surface area (Å²) >= 11 is 7.29.